The van der Waals surface area contributed by atoms with E-state index in [-0.39, 0.29) is 11.2 Å². The van der Waals surface area contributed by atoms with Crippen LogP contribution in [0, 0.1) is 0 Å². The number of rotatable bonds is 4. The van der Waals surface area contributed by atoms with Gasteiger partial charge >= 0.3 is 0 Å². The maximum Gasteiger partial charge on any atom is 0.280 e. The highest BCUT2D eigenvalue weighted by atomic mass is 79.9. The van der Waals surface area contributed by atoms with Crippen LogP contribution >= 0.6 is 15.9 Å². The normalized spacial score (nSPS) is 12.1. The number of nitrogens with zero attached hydrogens (tertiary/aromatic N) is 2. The van der Waals surface area contributed by atoms with Gasteiger partial charge in [0.05, 0.1) is 11.9 Å². The lowest BCUT2D eigenvalue weighted by molar-refractivity contribution is 0.141. The SMILES string of the molecule is CC(C)(C)NCc1cnn(-c2cccc(Br)c2)c1C(F)F. The smallest absolute Gasteiger partial charge is 0.280 e. The second-order valence-electron chi connectivity index (χ2n) is 5.85. The highest BCUT2D eigenvalue weighted by Crippen LogP contribution is 2.27. The number of aromatic nitrogens is 2. The first-order valence-electron chi connectivity index (χ1n) is 6.64. The Morgan fingerprint density at radius 2 is 2.05 bits per heavy atom. The topological polar surface area (TPSA) is 29.9 Å². The van der Waals surface area contributed by atoms with E-state index in [1.54, 1.807) is 18.2 Å². The Morgan fingerprint density at radius 3 is 2.62 bits per heavy atom. The monoisotopic (exact) mass is 357 g/mol. The van der Waals surface area contributed by atoms with Crippen LogP contribution in [0.1, 0.15) is 38.5 Å². The second-order valence-corrected chi connectivity index (χ2v) is 6.77. The van der Waals surface area contributed by atoms with E-state index in [4.69, 9.17) is 0 Å². The summed E-state index contributed by atoms with van der Waals surface area (Å²) in [4.78, 5) is 0. The van der Waals surface area contributed by atoms with Gasteiger partial charge in [0.15, 0.2) is 0 Å². The van der Waals surface area contributed by atoms with E-state index in [0.717, 1.165) is 4.47 Å². The molecule has 0 bridgehead atoms. The van der Waals surface area contributed by atoms with Crippen LogP contribution in [0.5, 0.6) is 0 Å². The fourth-order valence-electron chi connectivity index (χ4n) is 1.93. The van der Waals surface area contributed by atoms with Gasteiger partial charge in [0.1, 0.15) is 5.69 Å². The number of hydrogen-bond acceptors (Lipinski definition) is 2. The van der Waals surface area contributed by atoms with E-state index in [9.17, 15) is 8.78 Å². The van der Waals surface area contributed by atoms with E-state index in [1.807, 2.05) is 26.8 Å². The average molecular weight is 358 g/mol. The molecule has 0 aliphatic rings. The van der Waals surface area contributed by atoms with Crippen LogP contribution in [0.2, 0.25) is 0 Å². The minimum atomic E-state index is -2.58. The van der Waals surface area contributed by atoms with Crippen molar-refractivity contribution >= 4 is 15.9 Å². The third kappa shape index (κ3) is 4.11. The van der Waals surface area contributed by atoms with Crippen molar-refractivity contribution < 1.29 is 8.78 Å². The van der Waals surface area contributed by atoms with Gasteiger partial charge < -0.3 is 5.32 Å². The average Bonchev–Trinajstić information content (AvgIpc) is 2.79. The van der Waals surface area contributed by atoms with E-state index in [0.29, 0.717) is 17.8 Å². The largest absolute Gasteiger partial charge is 0.308 e. The molecule has 0 saturated heterocycles. The molecule has 0 aliphatic heterocycles. The number of alkyl halides is 2. The van der Waals surface area contributed by atoms with Crippen LogP contribution in [0.15, 0.2) is 34.9 Å². The Labute approximate surface area is 131 Å². The van der Waals surface area contributed by atoms with Crippen molar-refractivity contribution in [3.8, 4) is 5.69 Å². The number of hydrogen-bond donors (Lipinski definition) is 1. The molecule has 0 spiro atoms. The Bertz CT molecular complexity index is 618. The van der Waals surface area contributed by atoms with Crippen LogP contribution in [0.3, 0.4) is 0 Å². The van der Waals surface area contributed by atoms with Crippen LogP contribution in [0.4, 0.5) is 8.78 Å². The van der Waals surface area contributed by atoms with E-state index in [1.165, 1.54) is 10.9 Å². The molecule has 0 unspecified atom stereocenters. The van der Waals surface area contributed by atoms with Gasteiger partial charge in [0, 0.05) is 22.1 Å². The number of halogens is 3. The van der Waals surface area contributed by atoms with Crippen molar-refractivity contribution in [3.63, 3.8) is 0 Å². The molecule has 0 radical (unpaired) electrons. The van der Waals surface area contributed by atoms with Crippen LogP contribution in [0.25, 0.3) is 5.69 Å². The summed E-state index contributed by atoms with van der Waals surface area (Å²) in [6, 6.07) is 7.16. The molecular weight excluding hydrogens is 340 g/mol. The molecule has 0 aliphatic carbocycles. The highest BCUT2D eigenvalue weighted by Gasteiger charge is 2.22. The third-order valence-corrected chi connectivity index (χ3v) is 3.45. The lowest BCUT2D eigenvalue weighted by Crippen LogP contribution is -2.35. The Morgan fingerprint density at radius 1 is 1.33 bits per heavy atom. The molecule has 6 heteroatoms. The summed E-state index contributed by atoms with van der Waals surface area (Å²) in [7, 11) is 0. The fourth-order valence-corrected chi connectivity index (χ4v) is 2.32. The maximum absolute atomic E-state index is 13.4. The van der Waals surface area contributed by atoms with Crippen molar-refractivity contribution in [2.24, 2.45) is 0 Å². The molecule has 2 rings (SSSR count). The summed E-state index contributed by atoms with van der Waals surface area (Å²) >= 11 is 3.34. The van der Waals surface area contributed by atoms with Crippen LogP contribution < -0.4 is 5.32 Å². The minimum Gasteiger partial charge on any atom is -0.308 e. The molecule has 1 aromatic carbocycles. The lowest BCUT2D eigenvalue weighted by Gasteiger charge is -2.20. The molecule has 0 atom stereocenters. The molecular formula is C15H18BrF2N3. The number of nitrogens with one attached hydrogen (secondary N) is 1. The first kappa shape index (κ1) is 16.1. The van der Waals surface area contributed by atoms with Gasteiger partial charge in [-0.1, -0.05) is 22.0 Å². The standard InChI is InChI=1S/C15H18BrF2N3/c1-15(2,3)19-8-10-9-20-21(13(10)14(17)18)12-6-4-5-11(16)7-12/h4-7,9,14,19H,8H2,1-3H3. The van der Waals surface area contributed by atoms with Crippen molar-refractivity contribution in [2.45, 2.75) is 39.3 Å². The van der Waals surface area contributed by atoms with E-state index < -0.39 is 6.43 Å². The predicted octanol–water partition coefficient (Wildman–Crippen LogP) is 4.46. The highest BCUT2D eigenvalue weighted by molar-refractivity contribution is 9.10. The zero-order chi connectivity index (χ0) is 15.6. The molecule has 2 aromatic rings. The number of benzene rings is 1. The molecule has 1 heterocycles. The quantitative estimate of drug-likeness (QED) is 0.875. The molecule has 3 nitrogen and oxygen atoms in total. The molecule has 0 amide bonds. The van der Waals surface area contributed by atoms with Gasteiger partial charge in [0.2, 0.25) is 0 Å². The summed E-state index contributed by atoms with van der Waals surface area (Å²) in [5.41, 5.74) is 0.920. The van der Waals surface area contributed by atoms with E-state index >= 15 is 0 Å². The van der Waals surface area contributed by atoms with Gasteiger partial charge in [-0.05, 0) is 39.0 Å². The molecule has 21 heavy (non-hydrogen) atoms. The molecule has 1 aromatic heterocycles. The summed E-state index contributed by atoms with van der Waals surface area (Å²) in [6.07, 6.45) is -1.08. The Balaban J connectivity index is 2.37. The van der Waals surface area contributed by atoms with Gasteiger partial charge in [0.25, 0.3) is 6.43 Å². The van der Waals surface area contributed by atoms with Gasteiger partial charge in [-0.15, -0.1) is 0 Å². The van der Waals surface area contributed by atoms with Gasteiger partial charge in [-0.3, -0.25) is 0 Å². The first-order valence-corrected chi connectivity index (χ1v) is 7.43. The zero-order valence-electron chi connectivity index (χ0n) is 12.2. The van der Waals surface area contributed by atoms with Crippen molar-refractivity contribution in [3.05, 3.63) is 46.2 Å². The molecule has 0 saturated carbocycles. The van der Waals surface area contributed by atoms with Gasteiger partial charge in [-0.2, -0.15) is 5.10 Å². The van der Waals surface area contributed by atoms with Crippen LogP contribution in [-0.4, -0.2) is 15.3 Å². The molecule has 1 N–H and O–H groups in total. The van der Waals surface area contributed by atoms with Gasteiger partial charge in [-0.25, -0.2) is 13.5 Å². The summed E-state index contributed by atoms with van der Waals surface area (Å²) in [6.45, 7) is 6.34. The first-order chi connectivity index (χ1) is 9.78. The third-order valence-electron chi connectivity index (χ3n) is 2.95. The summed E-state index contributed by atoms with van der Waals surface area (Å²) < 4.78 is 29.0. The Hall–Kier alpha value is -1.27. The van der Waals surface area contributed by atoms with Crippen molar-refractivity contribution in [1.82, 2.24) is 15.1 Å². The van der Waals surface area contributed by atoms with Crippen molar-refractivity contribution in [1.29, 1.82) is 0 Å². The van der Waals surface area contributed by atoms with Crippen molar-refractivity contribution in [2.75, 3.05) is 0 Å². The lowest BCUT2D eigenvalue weighted by atomic mass is 10.1. The fraction of sp³-hybridized carbons (Fsp3) is 0.400. The predicted molar refractivity (Wildman–Crippen MR) is 82.8 cm³/mol. The van der Waals surface area contributed by atoms with E-state index in [2.05, 4.69) is 26.3 Å². The zero-order valence-corrected chi connectivity index (χ0v) is 13.8. The summed E-state index contributed by atoms with van der Waals surface area (Å²) in [5, 5.41) is 7.34. The Kier molecular flexibility index (Phi) is 4.78. The molecule has 0 fully saturated rings. The van der Waals surface area contributed by atoms with Crippen LogP contribution in [-0.2, 0) is 6.54 Å². The summed E-state index contributed by atoms with van der Waals surface area (Å²) in [5.74, 6) is 0. The maximum atomic E-state index is 13.4. The second kappa shape index (κ2) is 6.23. The minimum absolute atomic E-state index is 0.0650. The molecule has 114 valence electrons.